The van der Waals surface area contributed by atoms with Crippen LogP contribution in [0.15, 0.2) is 199 Å². The molecule has 1 saturated carbocycles. The van der Waals surface area contributed by atoms with E-state index in [4.69, 9.17) is 9.47 Å². The molecular formula is C104H131F4N17O8. The fourth-order valence-corrected chi connectivity index (χ4v) is 15.7. The maximum atomic E-state index is 14.1. The Balaban J connectivity index is 0.000000166. The van der Waals surface area contributed by atoms with Gasteiger partial charge < -0.3 is 38.9 Å². The van der Waals surface area contributed by atoms with Gasteiger partial charge in [0, 0.05) is 152 Å². The van der Waals surface area contributed by atoms with E-state index in [0.717, 1.165) is 121 Å². The molecule has 15 rings (SSSR count). The molecule has 1 aliphatic carbocycles. The number of H-pyrrole nitrogens is 5. The molecule has 1 unspecified atom stereocenters. The van der Waals surface area contributed by atoms with Crippen LogP contribution in [-0.4, -0.2) is 193 Å². The number of rotatable bonds is 36. The van der Waals surface area contributed by atoms with Gasteiger partial charge in [-0.2, -0.15) is 25.5 Å². The molecule has 25 nitrogen and oxygen atoms in total. The number of nitrogens with one attached hydrogen (secondary N) is 5. The van der Waals surface area contributed by atoms with Crippen molar-refractivity contribution in [3.63, 3.8) is 0 Å². The minimum atomic E-state index is -0.302. The average molecular weight is 1820 g/mol. The van der Waals surface area contributed by atoms with Crippen LogP contribution >= 0.6 is 0 Å². The van der Waals surface area contributed by atoms with Gasteiger partial charge in [0.15, 0.2) is 0 Å². The molecule has 4 aliphatic rings. The minimum absolute atomic E-state index is 0.000642. The highest BCUT2D eigenvalue weighted by Gasteiger charge is 2.32. The van der Waals surface area contributed by atoms with Crippen molar-refractivity contribution >= 4 is 41.2 Å². The topological polar surface area (TPSA) is 296 Å². The fraction of sp³-hybridized carbons (Fsp3) is 0.423. The van der Waals surface area contributed by atoms with E-state index in [9.17, 15) is 46.3 Å². The van der Waals surface area contributed by atoms with Crippen molar-refractivity contribution in [2.75, 3.05) is 65.7 Å². The third-order valence-electron chi connectivity index (χ3n) is 23.4. The summed E-state index contributed by atoms with van der Waals surface area (Å²) in [5.41, 5.74) is 13.2. The molecule has 133 heavy (non-hydrogen) atoms. The highest BCUT2D eigenvalue weighted by molar-refractivity contribution is 6.06. The van der Waals surface area contributed by atoms with Crippen LogP contribution in [-0.2, 0) is 53.5 Å². The smallest absolute Gasteiger partial charge is 0.274 e. The molecule has 2 saturated heterocycles. The van der Waals surface area contributed by atoms with Gasteiger partial charge in [-0.1, -0.05) is 206 Å². The summed E-state index contributed by atoms with van der Waals surface area (Å²) in [7, 11) is 0. The Kier molecular flexibility index (Phi) is 40.8. The molecule has 3 fully saturated rings. The Hall–Kier alpha value is -12.8. The van der Waals surface area contributed by atoms with Crippen LogP contribution < -0.4 is 0 Å². The summed E-state index contributed by atoms with van der Waals surface area (Å²) in [6, 6.07) is 54.0. The summed E-state index contributed by atoms with van der Waals surface area (Å²) in [6.45, 7) is 30.1. The number of allylic oxidation sites excluding steroid dienone is 1. The molecule has 0 radical (unpaired) electrons. The number of aromatic amines is 5. The number of hydrogen-bond donors (Lipinski definition) is 5. The Morgan fingerprint density at radius 1 is 0.383 bits per heavy atom. The average Bonchev–Trinajstić information content (AvgIpc) is 1.78. The molecule has 6 aromatic carbocycles. The number of unbranched alkanes of at least 4 members (excludes halogenated alkanes) is 4. The molecule has 6 amide bonds. The van der Waals surface area contributed by atoms with Crippen molar-refractivity contribution in [1.29, 1.82) is 0 Å². The largest absolute Gasteiger partial charge is 0.381 e. The van der Waals surface area contributed by atoms with Gasteiger partial charge in [0.2, 0.25) is 0 Å². The van der Waals surface area contributed by atoms with Crippen LogP contribution in [0.3, 0.4) is 0 Å². The molecule has 3 aliphatic heterocycles. The van der Waals surface area contributed by atoms with E-state index >= 15 is 0 Å². The Morgan fingerprint density at radius 2 is 0.744 bits per heavy atom. The van der Waals surface area contributed by atoms with Crippen molar-refractivity contribution in [2.45, 2.75) is 205 Å². The first-order chi connectivity index (χ1) is 64.2. The zero-order valence-electron chi connectivity index (χ0n) is 78.9. The lowest BCUT2D eigenvalue weighted by Crippen LogP contribution is -2.42. The van der Waals surface area contributed by atoms with Gasteiger partial charge in [0.1, 0.15) is 51.7 Å². The second-order valence-electron chi connectivity index (χ2n) is 34.9. The SMILES string of the molecule is CC1=NCC(C(=O)N(CCC2CCCC2)Cc2ccccc2F)=C1.CCCC(C)N(Cc1ccccc1)C(=O)c1cc(C)[nH]n1.CCCCCN(Cc1ccccc1)C(=O)c1cc(C)[nH]n1.CCCCCN(Cc1ccccc1F)C(=O)c1cc(C)[nH]n1.Cc1cc(C(=O)N(Cc2ccccc2F)CC2COC2)n[nH]1.Cc1ccc(CN(CC2COC2)C(=O)c2cc(C)[nH]n2)c(F)c1. The second-order valence-corrected chi connectivity index (χ2v) is 34.9. The van der Waals surface area contributed by atoms with E-state index in [1.165, 1.54) is 49.9 Å². The highest BCUT2D eigenvalue weighted by atomic mass is 19.1. The summed E-state index contributed by atoms with van der Waals surface area (Å²) in [4.78, 5) is 91.0. The lowest BCUT2D eigenvalue weighted by atomic mass is 10.0. The predicted octanol–water partition coefficient (Wildman–Crippen LogP) is 19.5. The van der Waals surface area contributed by atoms with Crippen LogP contribution in [0.4, 0.5) is 17.6 Å². The number of ether oxygens (including phenoxy) is 2. The summed E-state index contributed by atoms with van der Waals surface area (Å²) in [5, 5.41) is 34.2. The van der Waals surface area contributed by atoms with Crippen molar-refractivity contribution < 1.29 is 55.8 Å². The number of halogens is 4. The van der Waals surface area contributed by atoms with Gasteiger partial charge in [0.25, 0.3) is 35.4 Å². The molecule has 5 N–H and O–H groups in total. The third-order valence-corrected chi connectivity index (χ3v) is 23.4. The number of aliphatic imine (C=N–C) groups is 1. The molecule has 0 bridgehead atoms. The third kappa shape index (κ3) is 32.6. The Bertz CT molecular complexity index is 5540. The summed E-state index contributed by atoms with van der Waals surface area (Å²) < 4.78 is 66.2. The summed E-state index contributed by atoms with van der Waals surface area (Å²) in [5.74, 6) is -0.378. The number of benzene rings is 6. The van der Waals surface area contributed by atoms with E-state index in [1.807, 2.05) is 113 Å². The molecule has 1 atom stereocenters. The van der Waals surface area contributed by atoms with E-state index in [0.29, 0.717) is 147 Å². The minimum Gasteiger partial charge on any atom is -0.381 e. The van der Waals surface area contributed by atoms with E-state index in [-0.39, 0.29) is 84.4 Å². The molecule has 5 aromatic heterocycles. The number of carbonyl (C=O) groups is 6. The van der Waals surface area contributed by atoms with Crippen LogP contribution in [0.5, 0.6) is 0 Å². The van der Waals surface area contributed by atoms with Gasteiger partial charge >= 0.3 is 0 Å². The number of aryl methyl sites for hydroxylation is 6. The Labute approximate surface area is 779 Å². The van der Waals surface area contributed by atoms with Crippen molar-refractivity contribution in [3.05, 3.63) is 313 Å². The van der Waals surface area contributed by atoms with Gasteiger partial charge in [-0.05, 0) is 164 Å². The Morgan fingerprint density at radius 3 is 1.10 bits per heavy atom. The van der Waals surface area contributed by atoms with Crippen molar-refractivity contribution in [3.8, 4) is 0 Å². The lowest BCUT2D eigenvalue weighted by Gasteiger charge is -2.32. The second kappa shape index (κ2) is 53.1. The molecule has 11 aromatic rings. The van der Waals surface area contributed by atoms with Crippen LogP contribution in [0.25, 0.3) is 0 Å². The number of aromatic nitrogens is 10. The molecule has 708 valence electrons. The predicted molar refractivity (Wildman–Crippen MR) is 509 cm³/mol. The quantitative estimate of drug-likeness (QED) is 0.0180. The maximum Gasteiger partial charge on any atom is 0.274 e. The van der Waals surface area contributed by atoms with Crippen LogP contribution in [0.2, 0.25) is 0 Å². The first-order valence-corrected chi connectivity index (χ1v) is 46.5. The number of nitrogens with zero attached hydrogens (tertiary/aromatic N) is 12. The zero-order valence-corrected chi connectivity index (χ0v) is 78.9. The number of carbonyl (C=O) groups excluding carboxylic acids is 6. The molecule has 8 heterocycles. The van der Waals surface area contributed by atoms with Crippen molar-refractivity contribution in [2.24, 2.45) is 22.7 Å². The van der Waals surface area contributed by atoms with Gasteiger partial charge in [-0.3, -0.25) is 59.3 Å². The van der Waals surface area contributed by atoms with Gasteiger partial charge in [-0.25, -0.2) is 17.6 Å². The molecule has 29 heteroatoms. The lowest BCUT2D eigenvalue weighted by molar-refractivity contribution is -0.128. The van der Waals surface area contributed by atoms with Crippen LogP contribution in [0, 0.1) is 82.6 Å². The number of amides is 6. The van der Waals surface area contributed by atoms with Gasteiger partial charge in [0.05, 0.1) is 33.0 Å². The molecular weight excluding hydrogens is 1690 g/mol. The van der Waals surface area contributed by atoms with Crippen LogP contribution in [0.1, 0.15) is 238 Å². The van der Waals surface area contributed by atoms with E-state index in [1.54, 1.807) is 105 Å². The monoisotopic (exact) mass is 1820 g/mol. The first kappa shape index (κ1) is 102. The summed E-state index contributed by atoms with van der Waals surface area (Å²) in [6.07, 6.45) is 16.3. The maximum absolute atomic E-state index is 14.1. The first-order valence-electron chi connectivity index (χ1n) is 46.5. The number of hydrogen-bond acceptors (Lipinski definition) is 14. The molecule has 0 spiro atoms. The normalized spacial score (nSPS) is 13.5. The van der Waals surface area contributed by atoms with Gasteiger partial charge in [-0.15, -0.1) is 0 Å². The van der Waals surface area contributed by atoms with Crippen molar-refractivity contribution in [1.82, 2.24) is 80.4 Å². The fourth-order valence-electron chi connectivity index (χ4n) is 15.7. The zero-order chi connectivity index (χ0) is 95.1. The van der Waals surface area contributed by atoms with E-state index in [2.05, 4.69) is 108 Å². The summed E-state index contributed by atoms with van der Waals surface area (Å²) >= 11 is 0. The van der Waals surface area contributed by atoms with E-state index < -0.39 is 0 Å². The highest BCUT2D eigenvalue weighted by Crippen LogP contribution is 2.30. The standard InChI is InChI=1S/C20H25FN2O.C17H20FN3O2.C17H22FN3O.2C17H23N3O.C16H18FN3O2/c1-15-12-18(13-22-15)20(24)23(11-10-16-6-2-3-7-16)14-17-8-4-5-9-19(17)21;1-11-3-4-14(15(18)5-11)8-21(7-13-9-23-10-13)17(22)16-6-12(2)19-20-16;1-3-4-7-10-21(12-14-8-5-6-9-15(14)18)17(22)16-11-13(2)19-20-16;1-4-8-14(3)20(12-15-9-6-5-7-10-15)17(21)16-11-13(2)18-19-16;1-3-4-8-11-20(13-15-9-6-5-7-10-15)17(21)16-12-14(2)18-19-16;1-11-6-15(19-18-11)16(21)20(7-12-9-22-10-12)8-13-4-2-3-5-14(13)17/h4-5,8-9,12,16H,2-3,6-7,10-11,13-14H2,1H3;3-6,13H,7-10H2,1-2H3,(H,19,20);5-6,8-9,11H,3-4,7,10,12H2,1-2H3,(H,19,20);5-7,9-11,14H,4,8,12H2,1-3H3,(H,18,19);5-7,9-10,12H,3-4,8,11,13H2,1-2H3,(H,18,19);2-6,12H,7-10H2,1H3,(H,18,19).